The minimum Gasteiger partial charge on any atom is -0.277 e. The molecule has 0 amide bonds. The first kappa shape index (κ1) is 9.37. The van der Waals surface area contributed by atoms with Gasteiger partial charge >= 0.3 is 0 Å². The van der Waals surface area contributed by atoms with Gasteiger partial charge in [-0.05, 0) is 17.7 Å². The fourth-order valence-corrected chi connectivity index (χ4v) is 1.40. The normalized spacial score (nSPS) is 13.6. The van der Waals surface area contributed by atoms with E-state index in [0.29, 0.717) is 5.71 Å². The maximum absolute atomic E-state index is 5.68. The van der Waals surface area contributed by atoms with E-state index in [4.69, 9.17) is 23.8 Å². The van der Waals surface area contributed by atoms with Crippen LogP contribution >= 0.6 is 23.8 Å². The Balaban J connectivity index is 2.41. The molecular weight excluding hydrogens is 216 g/mol. The lowest BCUT2D eigenvalue weighted by atomic mass is 10.1. The van der Waals surface area contributed by atoms with Crippen molar-refractivity contribution in [1.29, 1.82) is 0 Å². The predicted octanol–water partition coefficient (Wildman–Crippen LogP) is 3.05. The molecule has 14 heavy (non-hydrogen) atoms. The molecule has 70 valence electrons. The summed E-state index contributed by atoms with van der Waals surface area (Å²) in [6.07, 6.45) is 3.73. The summed E-state index contributed by atoms with van der Waals surface area (Å²) >= 11 is 10.5. The van der Waals surface area contributed by atoms with E-state index in [-0.39, 0.29) is 4.32 Å². The Morgan fingerprint density at radius 2 is 2.07 bits per heavy atom. The molecule has 1 aromatic carbocycles. The lowest BCUT2D eigenvalue weighted by molar-refractivity contribution is 1.35. The van der Waals surface area contributed by atoms with E-state index in [9.17, 15) is 0 Å². The van der Waals surface area contributed by atoms with Crippen LogP contribution in [-0.4, -0.2) is 10.0 Å². The van der Waals surface area contributed by atoms with Crippen molar-refractivity contribution in [3.63, 3.8) is 0 Å². The van der Waals surface area contributed by atoms with Gasteiger partial charge in [-0.3, -0.25) is 5.43 Å². The average Bonchev–Trinajstić information content (AvgIpc) is 2.39. The summed E-state index contributed by atoms with van der Waals surface area (Å²) in [6.45, 7) is 0. The molecule has 0 aliphatic carbocycles. The van der Waals surface area contributed by atoms with Gasteiger partial charge in [0, 0.05) is 0 Å². The minimum atomic E-state index is 0.265. The van der Waals surface area contributed by atoms with Crippen LogP contribution in [0, 0.1) is 0 Å². The zero-order valence-electron chi connectivity index (χ0n) is 7.20. The van der Waals surface area contributed by atoms with Crippen LogP contribution in [0.15, 0.2) is 35.4 Å². The first-order valence-corrected chi connectivity index (χ1v) is 4.86. The van der Waals surface area contributed by atoms with Crippen LogP contribution in [0.2, 0.25) is 0 Å². The van der Waals surface area contributed by atoms with E-state index >= 15 is 0 Å². The standard InChI is InChI=1S/C10H7ClN2S/c11-10(14)9-6-5-7-3-1-2-4-8(7)12-13-9/h1-6,12H. The molecule has 1 aliphatic rings. The van der Waals surface area contributed by atoms with Crippen LogP contribution in [0.25, 0.3) is 6.08 Å². The van der Waals surface area contributed by atoms with Gasteiger partial charge in [0.05, 0.1) is 5.69 Å². The highest BCUT2D eigenvalue weighted by Gasteiger charge is 2.05. The first-order valence-electron chi connectivity index (χ1n) is 4.08. The summed E-state index contributed by atoms with van der Waals surface area (Å²) in [6, 6.07) is 7.85. The van der Waals surface area contributed by atoms with Crippen LogP contribution in [0.1, 0.15) is 5.56 Å². The smallest absolute Gasteiger partial charge is 0.131 e. The van der Waals surface area contributed by atoms with Crippen molar-refractivity contribution in [3.05, 3.63) is 35.9 Å². The van der Waals surface area contributed by atoms with E-state index < -0.39 is 0 Å². The number of rotatable bonds is 1. The van der Waals surface area contributed by atoms with Gasteiger partial charge in [0.15, 0.2) is 0 Å². The Bertz CT molecular complexity index is 438. The number of hydrazone groups is 1. The second kappa shape index (κ2) is 3.90. The van der Waals surface area contributed by atoms with Crippen LogP contribution in [0.5, 0.6) is 0 Å². The molecule has 0 unspecified atom stereocenters. The van der Waals surface area contributed by atoms with Crippen molar-refractivity contribution in [2.45, 2.75) is 0 Å². The molecule has 4 heteroatoms. The Morgan fingerprint density at radius 1 is 1.29 bits per heavy atom. The average molecular weight is 223 g/mol. The maximum Gasteiger partial charge on any atom is 0.131 e. The number of anilines is 1. The van der Waals surface area contributed by atoms with Crippen molar-refractivity contribution in [3.8, 4) is 0 Å². The summed E-state index contributed by atoms with van der Waals surface area (Å²) < 4.78 is 0.265. The Kier molecular flexibility index (Phi) is 2.61. The fraction of sp³-hybridized carbons (Fsp3) is 0. The highest BCUT2D eigenvalue weighted by atomic mass is 35.5. The topological polar surface area (TPSA) is 24.4 Å². The number of thiocarbonyl (C=S) groups is 1. The summed E-state index contributed by atoms with van der Waals surface area (Å²) in [4.78, 5) is 0. The second-order valence-electron chi connectivity index (χ2n) is 2.80. The lowest BCUT2D eigenvalue weighted by Crippen LogP contribution is -2.03. The van der Waals surface area contributed by atoms with Gasteiger partial charge in [0.25, 0.3) is 0 Å². The van der Waals surface area contributed by atoms with Gasteiger partial charge < -0.3 is 0 Å². The molecule has 0 aromatic heterocycles. The molecule has 1 N–H and O–H groups in total. The highest BCUT2D eigenvalue weighted by molar-refractivity contribution is 7.85. The lowest BCUT2D eigenvalue weighted by Gasteiger charge is -2.01. The summed E-state index contributed by atoms with van der Waals surface area (Å²) in [5.74, 6) is 0. The molecule has 1 aromatic rings. The molecule has 0 bridgehead atoms. The summed E-state index contributed by atoms with van der Waals surface area (Å²) in [5, 5.41) is 4.07. The zero-order chi connectivity index (χ0) is 9.97. The summed E-state index contributed by atoms with van der Waals surface area (Å²) in [5.41, 5.74) is 5.51. The third-order valence-corrected chi connectivity index (χ3v) is 2.28. The molecule has 0 saturated heterocycles. The van der Waals surface area contributed by atoms with E-state index in [1.807, 2.05) is 30.3 Å². The molecule has 1 aliphatic heterocycles. The van der Waals surface area contributed by atoms with Crippen molar-refractivity contribution in [1.82, 2.24) is 0 Å². The largest absolute Gasteiger partial charge is 0.277 e. The molecule has 0 fully saturated rings. The Hall–Kier alpha value is -1.19. The maximum atomic E-state index is 5.68. The van der Waals surface area contributed by atoms with Crippen LogP contribution in [0.4, 0.5) is 5.69 Å². The fourth-order valence-electron chi connectivity index (χ4n) is 1.18. The molecule has 1 heterocycles. The van der Waals surface area contributed by atoms with E-state index in [1.165, 1.54) is 0 Å². The number of hydrogen-bond donors (Lipinski definition) is 1. The van der Waals surface area contributed by atoms with Crippen LogP contribution in [0.3, 0.4) is 0 Å². The van der Waals surface area contributed by atoms with Gasteiger partial charge in [-0.25, -0.2) is 0 Å². The predicted molar refractivity (Wildman–Crippen MR) is 65.0 cm³/mol. The van der Waals surface area contributed by atoms with Gasteiger partial charge in [-0.2, -0.15) is 5.10 Å². The minimum absolute atomic E-state index is 0.265. The molecule has 0 saturated carbocycles. The first-order chi connectivity index (χ1) is 6.77. The van der Waals surface area contributed by atoms with Gasteiger partial charge in [0.1, 0.15) is 10.0 Å². The van der Waals surface area contributed by atoms with Crippen molar-refractivity contribution < 1.29 is 0 Å². The monoisotopic (exact) mass is 222 g/mol. The third-order valence-electron chi connectivity index (χ3n) is 1.88. The van der Waals surface area contributed by atoms with Gasteiger partial charge in [-0.15, -0.1) is 0 Å². The SMILES string of the molecule is S=C(Cl)C1=NNc2ccccc2C=C1. The van der Waals surface area contributed by atoms with E-state index in [2.05, 4.69) is 10.5 Å². The molecule has 2 rings (SSSR count). The number of nitrogens with one attached hydrogen (secondary N) is 1. The second-order valence-corrected chi connectivity index (χ2v) is 3.81. The van der Waals surface area contributed by atoms with Gasteiger partial charge in [0.2, 0.25) is 0 Å². The number of fused-ring (bicyclic) bond motifs is 1. The number of nitrogens with zero attached hydrogens (tertiary/aromatic N) is 1. The zero-order valence-corrected chi connectivity index (χ0v) is 8.77. The van der Waals surface area contributed by atoms with Crippen LogP contribution in [-0.2, 0) is 0 Å². The molecule has 2 nitrogen and oxygen atoms in total. The summed E-state index contributed by atoms with van der Waals surface area (Å²) in [7, 11) is 0. The number of para-hydroxylation sites is 1. The molecule has 0 radical (unpaired) electrons. The molecule has 0 atom stereocenters. The highest BCUT2D eigenvalue weighted by Crippen LogP contribution is 2.19. The number of halogens is 1. The quantitative estimate of drug-likeness (QED) is 0.584. The Morgan fingerprint density at radius 3 is 2.86 bits per heavy atom. The van der Waals surface area contributed by atoms with Crippen LogP contribution < -0.4 is 5.43 Å². The van der Waals surface area contributed by atoms with Crippen molar-refractivity contribution in [2.24, 2.45) is 5.10 Å². The van der Waals surface area contributed by atoms with Crippen molar-refractivity contribution >= 4 is 45.6 Å². The number of hydrogen-bond acceptors (Lipinski definition) is 3. The number of allylic oxidation sites excluding steroid dienone is 1. The van der Waals surface area contributed by atoms with E-state index in [1.54, 1.807) is 6.08 Å². The van der Waals surface area contributed by atoms with Gasteiger partial charge in [-0.1, -0.05) is 48.1 Å². The third kappa shape index (κ3) is 1.84. The van der Waals surface area contributed by atoms with E-state index in [0.717, 1.165) is 11.3 Å². The Labute approximate surface area is 92.3 Å². The molecular formula is C10H7ClN2S. The number of benzene rings is 1. The molecule has 0 spiro atoms. The van der Waals surface area contributed by atoms with Crippen molar-refractivity contribution in [2.75, 3.05) is 5.43 Å².